The average Bonchev–Trinajstić information content (AvgIpc) is 3.58. The van der Waals surface area contributed by atoms with E-state index in [-0.39, 0.29) is 31.3 Å². The van der Waals surface area contributed by atoms with Gasteiger partial charge in [0.1, 0.15) is 12.4 Å². The maximum atomic E-state index is 13.4. The number of nitrogens with one attached hydrogen (secondary N) is 1. The van der Waals surface area contributed by atoms with Crippen LogP contribution in [0.2, 0.25) is 0 Å². The maximum Gasteiger partial charge on any atom is 0.309 e. The van der Waals surface area contributed by atoms with Gasteiger partial charge in [-0.25, -0.2) is 0 Å². The van der Waals surface area contributed by atoms with Gasteiger partial charge in [-0.1, -0.05) is 36.4 Å². The minimum absolute atomic E-state index is 0.0358. The largest absolute Gasteiger partial charge is 0.491 e. The molecule has 3 aromatic carbocycles. The molecule has 2 aliphatic rings. The molecule has 1 fully saturated rings. The first-order valence-corrected chi connectivity index (χ1v) is 14.3. The van der Waals surface area contributed by atoms with Crippen molar-refractivity contribution in [2.75, 3.05) is 38.4 Å². The number of fused-ring (bicyclic) bond motifs is 1. The van der Waals surface area contributed by atoms with Gasteiger partial charge >= 0.3 is 5.97 Å². The third-order valence-corrected chi connectivity index (χ3v) is 7.83. The SMILES string of the molecule is Cc1cccc(C)c1NC(=O)CN1CC(c2ccc3c(c2)OCO3)C(C(=O)O)C1c1ccc(OCCOC(C)C)cc1. The molecular formula is C33H38N2O7. The molecule has 1 saturated heterocycles. The molecule has 0 aliphatic carbocycles. The Kier molecular flexibility index (Phi) is 8.99. The van der Waals surface area contributed by atoms with E-state index in [9.17, 15) is 14.7 Å². The van der Waals surface area contributed by atoms with Crippen LogP contribution >= 0.6 is 0 Å². The monoisotopic (exact) mass is 574 g/mol. The summed E-state index contributed by atoms with van der Waals surface area (Å²) >= 11 is 0. The van der Waals surface area contributed by atoms with Crippen molar-refractivity contribution < 1.29 is 33.6 Å². The molecule has 9 heteroatoms. The van der Waals surface area contributed by atoms with Crippen LogP contribution in [0.15, 0.2) is 60.7 Å². The summed E-state index contributed by atoms with van der Waals surface area (Å²) in [6.07, 6.45) is 0.127. The lowest BCUT2D eigenvalue weighted by molar-refractivity contribution is -0.143. The zero-order valence-electron chi connectivity index (χ0n) is 24.5. The summed E-state index contributed by atoms with van der Waals surface area (Å²) in [6.45, 7) is 9.29. The minimum atomic E-state index is -0.925. The highest BCUT2D eigenvalue weighted by molar-refractivity contribution is 5.94. The third kappa shape index (κ3) is 6.53. The normalized spacial score (nSPS) is 19.7. The van der Waals surface area contributed by atoms with E-state index in [0.29, 0.717) is 37.0 Å². The van der Waals surface area contributed by atoms with E-state index in [1.54, 1.807) is 0 Å². The highest BCUT2D eigenvalue weighted by Gasteiger charge is 2.48. The molecule has 2 aliphatic heterocycles. The second kappa shape index (κ2) is 12.8. The number of carboxylic acid groups (broad SMARTS) is 1. The van der Waals surface area contributed by atoms with Gasteiger partial charge in [-0.05, 0) is 74.2 Å². The Bertz CT molecular complexity index is 1400. The third-order valence-electron chi connectivity index (χ3n) is 7.83. The van der Waals surface area contributed by atoms with Crippen molar-refractivity contribution in [1.29, 1.82) is 0 Å². The topological polar surface area (TPSA) is 107 Å². The number of likely N-dealkylation sites (tertiary alicyclic amines) is 1. The summed E-state index contributed by atoms with van der Waals surface area (Å²) in [5.41, 5.74) is 4.36. The van der Waals surface area contributed by atoms with Gasteiger partial charge in [0, 0.05) is 24.2 Å². The van der Waals surface area contributed by atoms with Gasteiger partial charge in [-0.15, -0.1) is 0 Å². The van der Waals surface area contributed by atoms with Crippen molar-refractivity contribution >= 4 is 17.6 Å². The van der Waals surface area contributed by atoms with Crippen LogP contribution in [0.5, 0.6) is 17.2 Å². The molecule has 0 spiro atoms. The van der Waals surface area contributed by atoms with Gasteiger partial charge in [-0.3, -0.25) is 14.5 Å². The molecule has 0 radical (unpaired) electrons. The van der Waals surface area contributed by atoms with Crippen LogP contribution < -0.4 is 19.5 Å². The van der Waals surface area contributed by atoms with Crippen molar-refractivity contribution in [3.05, 3.63) is 82.9 Å². The van der Waals surface area contributed by atoms with Crippen LogP contribution in [0.3, 0.4) is 0 Å². The number of nitrogens with zero attached hydrogens (tertiary/aromatic N) is 1. The average molecular weight is 575 g/mol. The zero-order valence-corrected chi connectivity index (χ0v) is 24.5. The van der Waals surface area contributed by atoms with E-state index in [0.717, 1.165) is 27.9 Å². The maximum absolute atomic E-state index is 13.4. The summed E-state index contributed by atoms with van der Waals surface area (Å²) in [6, 6.07) is 18.3. The van der Waals surface area contributed by atoms with Crippen LogP contribution in [0, 0.1) is 19.8 Å². The van der Waals surface area contributed by atoms with E-state index >= 15 is 0 Å². The molecule has 222 valence electrons. The summed E-state index contributed by atoms with van der Waals surface area (Å²) in [4.78, 5) is 28.3. The van der Waals surface area contributed by atoms with E-state index < -0.39 is 17.9 Å². The highest BCUT2D eigenvalue weighted by Crippen LogP contribution is 2.47. The molecule has 3 atom stereocenters. The van der Waals surface area contributed by atoms with Crippen LogP contribution in [0.4, 0.5) is 5.69 Å². The number of para-hydroxylation sites is 1. The Morgan fingerprint density at radius 2 is 1.67 bits per heavy atom. The van der Waals surface area contributed by atoms with Crippen molar-refractivity contribution in [1.82, 2.24) is 4.90 Å². The number of amides is 1. The van der Waals surface area contributed by atoms with Gasteiger partial charge in [0.2, 0.25) is 12.7 Å². The number of ether oxygens (including phenoxy) is 4. The van der Waals surface area contributed by atoms with Crippen LogP contribution in [-0.4, -0.2) is 61.1 Å². The smallest absolute Gasteiger partial charge is 0.309 e. The lowest BCUT2D eigenvalue weighted by atomic mass is 9.82. The number of aryl methyl sites for hydroxylation is 2. The van der Waals surface area contributed by atoms with Gasteiger partial charge < -0.3 is 29.4 Å². The predicted molar refractivity (Wildman–Crippen MR) is 158 cm³/mol. The number of hydrogen-bond donors (Lipinski definition) is 2. The molecule has 1 amide bonds. The van der Waals surface area contributed by atoms with E-state index in [2.05, 4.69) is 5.32 Å². The number of aliphatic carboxylic acids is 1. The van der Waals surface area contributed by atoms with Gasteiger partial charge in [0.25, 0.3) is 0 Å². The number of hydrogen-bond acceptors (Lipinski definition) is 7. The lowest BCUT2D eigenvalue weighted by Crippen LogP contribution is -2.35. The van der Waals surface area contributed by atoms with Gasteiger partial charge in [-0.2, -0.15) is 0 Å². The van der Waals surface area contributed by atoms with E-state index in [1.807, 2.05) is 93.3 Å². The summed E-state index contributed by atoms with van der Waals surface area (Å²) < 4.78 is 22.4. The van der Waals surface area contributed by atoms with E-state index in [1.165, 1.54) is 0 Å². The Hall–Kier alpha value is -4.08. The molecule has 42 heavy (non-hydrogen) atoms. The molecule has 0 aromatic heterocycles. The number of benzene rings is 3. The lowest BCUT2D eigenvalue weighted by Gasteiger charge is -2.27. The fourth-order valence-corrected chi connectivity index (χ4v) is 5.85. The molecule has 9 nitrogen and oxygen atoms in total. The Morgan fingerprint density at radius 3 is 2.36 bits per heavy atom. The second-order valence-corrected chi connectivity index (χ2v) is 11.1. The zero-order chi connectivity index (χ0) is 29.8. The Labute approximate surface area is 246 Å². The first kappa shape index (κ1) is 29.4. The van der Waals surface area contributed by atoms with Crippen LogP contribution in [-0.2, 0) is 14.3 Å². The van der Waals surface area contributed by atoms with Crippen LogP contribution in [0.25, 0.3) is 0 Å². The first-order chi connectivity index (χ1) is 20.2. The molecule has 0 bridgehead atoms. The second-order valence-electron chi connectivity index (χ2n) is 11.1. The fourth-order valence-electron chi connectivity index (χ4n) is 5.85. The minimum Gasteiger partial charge on any atom is -0.491 e. The highest BCUT2D eigenvalue weighted by atomic mass is 16.7. The summed E-state index contributed by atoms with van der Waals surface area (Å²) in [5, 5.41) is 13.6. The van der Waals surface area contributed by atoms with Crippen molar-refractivity contribution in [2.45, 2.75) is 45.8 Å². The molecule has 0 saturated carbocycles. The number of carbonyl (C=O) groups is 2. The van der Waals surface area contributed by atoms with Crippen molar-refractivity contribution in [2.24, 2.45) is 5.92 Å². The molecular weight excluding hydrogens is 536 g/mol. The Balaban J connectivity index is 1.42. The molecule has 5 rings (SSSR count). The van der Waals surface area contributed by atoms with E-state index in [4.69, 9.17) is 18.9 Å². The molecule has 3 aromatic rings. The number of rotatable bonds is 11. The summed E-state index contributed by atoms with van der Waals surface area (Å²) in [7, 11) is 0. The number of anilines is 1. The fraction of sp³-hybridized carbons (Fsp3) is 0.394. The predicted octanol–water partition coefficient (Wildman–Crippen LogP) is 5.32. The number of carbonyl (C=O) groups excluding carboxylic acids is 1. The quantitative estimate of drug-likeness (QED) is 0.297. The van der Waals surface area contributed by atoms with Gasteiger partial charge in [0.05, 0.1) is 25.2 Å². The van der Waals surface area contributed by atoms with Gasteiger partial charge in [0.15, 0.2) is 11.5 Å². The Morgan fingerprint density at radius 1 is 0.976 bits per heavy atom. The standard InChI is InChI=1S/C33H38N2O7/c1-20(2)39-14-15-40-25-11-8-23(9-12-25)32-30(33(37)38)26(24-10-13-27-28(16-24)42-19-41-27)17-35(32)18-29(36)34-31-21(3)6-5-7-22(31)4/h5-13,16,20,26,30,32H,14-15,17-19H2,1-4H3,(H,34,36)(H,37,38). The molecule has 2 N–H and O–H groups in total. The van der Waals surface area contributed by atoms with Crippen molar-refractivity contribution in [3.63, 3.8) is 0 Å². The number of carboxylic acids is 1. The molecule has 2 heterocycles. The van der Waals surface area contributed by atoms with Crippen LogP contribution in [0.1, 0.15) is 48.1 Å². The molecule has 3 unspecified atom stereocenters. The first-order valence-electron chi connectivity index (χ1n) is 14.3. The summed E-state index contributed by atoms with van der Waals surface area (Å²) in [5.74, 6) is -0.391. The van der Waals surface area contributed by atoms with Crippen molar-refractivity contribution in [3.8, 4) is 17.2 Å².